The van der Waals surface area contributed by atoms with Crippen LogP contribution in [0.3, 0.4) is 0 Å². The van der Waals surface area contributed by atoms with E-state index in [4.69, 9.17) is 4.74 Å². The van der Waals surface area contributed by atoms with Crippen molar-refractivity contribution < 1.29 is 14.6 Å². The molecule has 0 saturated heterocycles. The molecule has 0 aromatic heterocycles. The van der Waals surface area contributed by atoms with Crippen LogP contribution in [0.5, 0.6) is 0 Å². The van der Waals surface area contributed by atoms with Crippen LogP contribution in [0.1, 0.15) is 91.9 Å². The Morgan fingerprint density at radius 2 is 1.97 bits per heavy atom. The van der Waals surface area contributed by atoms with E-state index in [1.165, 1.54) is 38.5 Å². The van der Waals surface area contributed by atoms with Crippen LogP contribution < -0.4 is 0 Å². The van der Waals surface area contributed by atoms with Gasteiger partial charge < -0.3 is 9.84 Å². The molecule has 0 aromatic carbocycles. The van der Waals surface area contributed by atoms with Crippen LogP contribution in [-0.4, -0.2) is 30.2 Å². The summed E-state index contributed by atoms with van der Waals surface area (Å²) >= 11 is 0. The molecule has 3 nitrogen and oxygen atoms in total. The summed E-state index contributed by atoms with van der Waals surface area (Å²) < 4.78 is 5.68. The molecule has 0 amide bonds. The highest BCUT2D eigenvalue weighted by atomic mass is 16.5. The van der Waals surface area contributed by atoms with Crippen molar-refractivity contribution in [3.05, 3.63) is 11.6 Å². The fourth-order valence-corrected chi connectivity index (χ4v) is 8.78. The molecule has 4 aliphatic rings. The summed E-state index contributed by atoms with van der Waals surface area (Å²) in [5.74, 6) is 4.05. The molecule has 0 heterocycles. The third-order valence-corrected chi connectivity index (χ3v) is 10.3. The Morgan fingerprint density at radius 1 is 1.20 bits per heavy atom. The Balaban J connectivity index is 1.50. The average molecular weight is 417 g/mol. The lowest BCUT2D eigenvalue weighted by atomic mass is 9.47. The lowest BCUT2D eigenvalue weighted by molar-refractivity contribution is -0.119. The van der Waals surface area contributed by atoms with E-state index in [9.17, 15) is 9.90 Å². The maximum atomic E-state index is 11.6. The number of carbonyl (C=O) groups is 1. The Labute approximate surface area is 184 Å². The molecule has 30 heavy (non-hydrogen) atoms. The van der Waals surface area contributed by atoms with Gasteiger partial charge in [0.05, 0.1) is 12.2 Å². The van der Waals surface area contributed by atoms with Crippen molar-refractivity contribution in [2.24, 2.45) is 40.4 Å². The van der Waals surface area contributed by atoms with Crippen molar-refractivity contribution in [2.45, 2.75) is 104 Å². The van der Waals surface area contributed by atoms with E-state index >= 15 is 0 Å². The molecule has 0 bridgehead atoms. The molecule has 0 aliphatic heterocycles. The average Bonchev–Trinajstić information content (AvgIpc) is 3.05. The highest BCUT2D eigenvalue weighted by Gasteiger charge is 2.59. The maximum absolute atomic E-state index is 11.6. The fourth-order valence-electron chi connectivity index (χ4n) is 8.78. The first-order valence-electron chi connectivity index (χ1n) is 12.6. The lowest BCUT2D eigenvalue weighted by Gasteiger charge is -2.58. The van der Waals surface area contributed by atoms with E-state index in [1.807, 2.05) is 0 Å². The number of fused-ring (bicyclic) bond motifs is 5. The number of allylic oxidation sites excluding steroid dienone is 1. The summed E-state index contributed by atoms with van der Waals surface area (Å²) in [4.78, 5) is 11.6. The van der Waals surface area contributed by atoms with Gasteiger partial charge >= 0.3 is 0 Å². The van der Waals surface area contributed by atoms with Gasteiger partial charge in [0.1, 0.15) is 5.78 Å². The number of methoxy groups -OCH3 is 1. The molecule has 1 N–H and O–H groups in total. The van der Waals surface area contributed by atoms with Gasteiger partial charge in [-0.2, -0.15) is 0 Å². The number of rotatable bonds is 6. The Bertz CT molecular complexity index is 684. The molecular formula is C27H44O3. The molecule has 0 spiro atoms. The van der Waals surface area contributed by atoms with Crippen LogP contribution in [0, 0.1) is 40.4 Å². The standard InChI is InChI=1S/C27H44O3/c1-17(14-21(30-5)15-18(2)28)23-8-9-24-22-7-6-19-16-20(29)10-12-26(19,3)25(22)11-13-27(23,24)4/h6,17,20-25,29H,7-16H2,1-5H3. The molecule has 3 heteroatoms. The number of Topliss-reactive ketones (excluding diaryl/α,β-unsaturated/α-hetero) is 1. The van der Waals surface area contributed by atoms with Gasteiger partial charge in [-0.3, -0.25) is 4.79 Å². The minimum absolute atomic E-state index is 0.0734. The fraction of sp³-hybridized carbons (Fsp3) is 0.889. The second-order valence-corrected chi connectivity index (χ2v) is 11.9. The van der Waals surface area contributed by atoms with Gasteiger partial charge in [0, 0.05) is 13.5 Å². The minimum atomic E-state index is -0.116. The monoisotopic (exact) mass is 416 g/mol. The van der Waals surface area contributed by atoms with Crippen molar-refractivity contribution >= 4 is 5.78 Å². The first-order chi connectivity index (χ1) is 14.2. The van der Waals surface area contributed by atoms with Gasteiger partial charge in [-0.25, -0.2) is 0 Å². The highest BCUT2D eigenvalue weighted by Crippen LogP contribution is 2.67. The van der Waals surface area contributed by atoms with E-state index in [0.717, 1.165) is 42.9 Å². The van der Waals surface area contributed by atoms with Crippen molar-refractivity contribution in [1.82, 2.24) is 0 Å². The summed E-state index contributed by atoms with van der Waals surface area (Å²) in [5, 5.41) is 10.2. The van der Waals surface area contributed by atoms with Crippen molar-refractivity contribution in [3.63, 3.8) is 0 Å². The third-order valence-electron chi connectivity index (χ3n) is 10.3. The van der Waals surface area contributed by atoms with E-state index in [1.54, 1.807) is 19.6 Å². The number of aliphatic hydroxyl groups excluding tert-OH is 1. The van der Waals surface area contributed by atoms with Crippen LogP contribution >= 0.6 is 0 Å². The number of hydrogen-bond acceptors (Lipinski definition) is 3. The zero-order valence-corrected chi connectivity index (χ0v) is 20.0. The molecule has 0 radical (unpaired) electrons. The SMILES string of the molecule is COC(CC(C)=O)CC(C)C1CCC2C3CC=C4CC(O)CCC4(C)C3CCC12C. The predicted octanol–water partition coefficient (Wildman–Crippen LogP) is 5.95. The Hall–Kier alpha value is -0.670. The van der Waals surface area contributed by atoms with Crippen LogP contribution in [0.25, 0.3) is 0 Å². The first kappa shape index (κ1) is 22.5. The summed E-state index contributed by atoms with van der Waals surface area (Å²) in [5.41, 5.74) is 2.34. The second kappa shape index (κ2) is 8.35. The summed E-state index contributed by atoms with van der Waals surface area (Å²) in [7, 11) is 1.76. The van der Waals surface area contributed by atoms with E-state index in [-0.39, 0.29) is 18.0 Å². The molecule has 3 saturated carbocycles. The molecule has 9 atom stereocenters. The Kier molecular flexibility index (Phi) is 6.27. The largest absolute Gasteiger partial charge is 0.393 e. The van der Waals surface area contributed by atoms with E-state index in [2.05, 4.69) is 26.8 Å². The zero-order chi connectivity index (χ0) is 21.7. The molecule has 4 rings (SSSR count). The number of carbonyl (C=O) groups excluding carboxylic acids is 1. The van der Waals surface area contributed by atoms with Crippen LogP contribution in [-0.2, 0) is 9.53 Å². The second-order valence-electron chi connectivity index (χ2n) is 11.9. The molecule has 0 aromatic rings. The van der Waals surface area contributed by atoms with Gasteiger partial charge in [-0.15, -0.1) is 0 Å². The van der Waals surface area contributed by atoms with Gasteiger partial charge in [0.25, 0.3) is 0 Å². The Morgan fingerprint density at radius 3 is 2.67 bits per heavy atom. The highest BCUT2D eigenvalue weighted by molar-refractivity contribution is 5.75. The van der Waals surface area contributed by atoms with Crippen molar-refractivity contribution in [3.8, 4) is 0 Å². The quantitative estimate of drug-likeness (QED) is 0.545. The third kappa shape index (κ3) is 3.72. The van der Waals surface area contributed by atoms with E-state index < -0.39 is 0 Å². The first-order valence-corrected chi connectivity index (χ1v) is 12.6. The smallest absolute Gasteiger partial charge is 0.132 e. The van der Waals surface area contributed by atoms with Gasteiger partial charge in [0.15, 0.2) is 0 Å². The number of ketones is 1. The number of hydrogen-bond donors (Lipinski definition) is 1. The summed E-state index contributed by atoms with van der Waals surface area (Å²) in [6.45, 7) is 9.21. The number of ether oxygens (including phenoxy) is 1. The molecule has 9 unspecified atom stereocenters. The molecular weight excluding hydrogens is 372 g/mol. The van der Waals surface area contributed by atoms with Gasteiger partial charge in [0.2, 0.25) is 0 Å². The van der Waals surface area contributed by atoms with Crippen molar-refractivity contribution in [1.29, 1.82) is 0 Å². The summed E-state index contributed by atoms with van der Waals surface area (Å²) in [6, 6.07) is 0. The summed E-state index contributed by atoms with van der Waals surface area (Å²) in [6.07, 6.45) is 13.8. The van der Waals surface area contributed by atoms with Gasteiger partial charge in [-0.05, 0) is 105 Å². The topological polar surface area (TPSA) is 46.5 Å². The van der Waals surface area contributed by atoms with Crippen molar-refractivity contribution in [2.75, 3.05) is 7.11 Å². The van der Waals surface area contributed by atoms with Gasteiger partial charge in [-0.1, -0.05) is 32.4 Å². The predicted molar refractivity (Wildman–Crippen MR) is 121 cm³/mol. The number of aliphatic hydroxyl groups is 1. The van der Waals surface area contributed by atoms with E-state index in [0.29, 0.717) is 23.2 Å². The minimum Gasteiger partial charge on any atom is -0.393 e. The molecule has 4 aliphatic carbocycles. The lowest BCUT2D eigenvalue weighted by Crippen LogP contribution is -2.51. The van der Waals surface area contributed by atoms with Crippen LogP contribution in [0.4, 0.5) is 0 Å². The van der Waals surface area contributed by atoms with Crippen LogP contribution in [0.2, 0.25) is 0 Å². The normalized spacial score (nSPS) is 45.0. The molecule has 170 valence electrons. The zero-order valence-electron chi connectivity index (χ0n) is 20.0. The molecule has 3 fully saturated rings. The maximum Gasteiger partial charge on any atom is 0.132 e. The van der Waals surface area contributed by atoms with Crippen LogP contribution in [0.15, 0.2) is 11.6 Å².